The van der Waals surface area contributed by atoms with E-state index >= 15 is 0 Å². The van der Waals surface area contributed by atoms with Gasteiger partial charge in [-0.2, -0.15) is 0 Å². The lowest BCUT2D eigenvalue weighted by atomic mass is 10.0. The summed E-state index contributed by atoms with van der Waals surface area (Å²) in [6.07, 6.45) is 30.5. The van der Waals surface area contributed by atoms with E-state index in [0.29, 0.717) is 0 Å². The normalized spacial score (nSPS) is 12.4. The van der Waals surface area contributed by atoms with Crippen LogP contribution >= 0.6 is 45.3 Å². The number of rotatable bonds is 22. The van der Waals surface area contributed by atoms with Crippen molar-refractivity contribution < 1.29 is 0 Å². The first kappa shape index (κ1) is 36.4. The molecule has 0 aliphatic carbocycles. The van der Waals surface area contributed by atoms with E-state index in [1.807, 2.05) is 45.3 Å². The molecule has 0 amide bonds. The third kappa shape index (κ3) is 8.62. The van der Waals surface area contributed by atoms with Crippen LogP contribution in [0.4, 0.5) is 0 Å². The first-order valence-electron chi connectivity index (χ1n) is 20.4. The fraction of sp³-hybridized carbons (Fsp3) is 0.522. The van der Waals surface area contributed by atoms with Gasteiger partial charge in [0.2, 0.25) is 0 Å². The van der Waals surface area contributed by atoms with E-state index in [1.54, 1.807) is 0 Å². The van der Waals surface area contributed by atoms with E-state index in [9.17, 15) is 0 Å². The summed E-state index contributed by atoms with van der Waals surface area (Å²) in [5.74, 6) is 0. The molecule has 0 unspecified atom stereocenters. The molecule has 266 valence electrons. The van der Waals surface area contributed by atoms with Crippen molar-refractivity contribution in [3.8, 4) is 0 Å². The summed E-state index contributed by atoms with van der Waals surface area (Å²) >= 11 is 8.08. The van der Waals surface area contributed by atoms with Gasteiger partial charge in [0.1, 0.15) is 0 Å². The first-order chi connectivity index (χ1) is 24.7. The maximum atomic E-state index is 2.52. The zero-order chi connectivity index (χ0) is 34.1. The Morgan fingerprint density at radius 1 is 0.320 bits per heavy atom. The molecular weight excluding hydrogens is 681 g/mol. The van der Waals surface area contributed by atoms with Crippen LogP contribution in [0.3, 0.4) is 0 Å². The number of benzene rings is 3. The van der Waals surface area contributed by atoms with Crippen molar-refractivity contribution in [3.05, 3.63) is 59.7 Å². The fourth-order valence-corrected chi connectivity index (χ4v) is 13.5. The zero-order valence-corrected chi connectivity index (χ0v) is 34.1. The van der Waals surface area contributed by atoms with E-state index in [2.05, 4.69) is 62.4 Å². The summed E-state index contributed by atoms with van der Waals surface area (Å²) in [6.45, 7) is 4.61. The molecule has 0 spiro atoms. The van der Waals surface area contributed by atoms with Crippen molar-refractivity contribution in [1.82, 2.24) is 0 Å². The second kappa shape index (κ2) is 18.2. The second-order valence-electron chi connectivity index (χ2n) is 15.1. The van der Waals surface area contributed by atoms with Crippen molar-refractivity contribution in [2.24, 2.45) is 0 Å². The SMILES string of the molecule is CCCCCCCCCCCCc1ccc2c(c1)sc1c3cc4sc5c6ccc(CCCCCCCCCCCC)cc6sc5c4cc3sc21. The Morgan fingerprint density at radius 3 is 0.980 bits per heavy atom. The highest BCUT2D eigenvalue weighted by Gasteiger charge is 2.17. The maximum Gasteiger partial charge on any atom is 0.0542 e. The Morgan fingerprint density at radius 2 is 0.620 bits per heavy atom. The van der Waals surface area contributed by atoms with Gasteiger partial charge >= 0.3 is 0 Å². The van der Waals surface area contributed by atoms with Crippen LogP contribution in [0.25, 0.3) is 59.1 Å². The van der Waals surface area contributed by atoms with E-state index in [4.69, 9.17) is 0 Å². The van der Waals surface area contributed by atoms with Gasteiger partial charge in [-0.15, -0.1) is 45.3 Å². The Labute approximate surface area is 317 Å². The van der Waals surface area contributed by atoms with Crippen LogP contribution < -0.4 is 0 Å². The van der Waals surface area contributed by atoms with Crippen LogP contribution in [0.15, 0.2) is 48.5 Å². The Hall–Kier alpha value is -1.98. The second-order valence-corrected chi connectivity index (χ2v) is 19.3. The van der Waals surface area contributed by atoms with Gasteiger partial charge in [0.25, 0.3) is 0 Å². The lowest BCUT2D eigenvalue weighted by molar-refractivity contribution is 0.556. The van der Waals surface area contributed by atoms with Gasteiger partial charge in [-0.05, 0) is 61.1 Å². The monoisotopic (exact) mass is 738 g/mol. The molecule has 4 heterocycles. The smallest absolute Gasteiger partial charge is 0.0542 e. The maximum absolute atomic E-state index is 2.52. The minimum absolute atomic E-state index is 1.22. The molecule has 3 aromatic carbocycles. The van der Waals surface area contributed by atoms with Crippen molar-refractivity contribution in [2.45, 2.75) is 155 Å². The van der Waals surface area contributed by atoms with E-state index < -0.39 is 0 Å². The van der Waals surface area contributed by atoms with Crippen LogP contribution in [-0.4, -0.2) is 0 Å². The number of aryl methyl sites for hydroxylation is 2. The predicted molar refractivity (Wildman–Crippen MR) is 234 cm³/mol. The molecule has 0 nitrogen and oxygen atoms in total. The lowest BCUT2D eigenvalue weighted by Gasteiger charge is -2.03. The van der Waals surface area contributed by atoms with Gasteiger partial charge in [0.05, 0.1) is 18.8 Å². The summed E-state index contributed by atoms with van der Waals surface area (Å²) in [6, 6.07) is 19.7. The van der Waals surface area contributed by atoms with Crippen molar-refractivity contribution in [2.75, 3.05) is 0 Å². The van der Waals surface area contributed by atoms with Crippen molar-refractivity contribution >= 4 is 104 Å². The summed E-state index contributed by atoms with van der Waals surface area (Å²) in [7, 11) is 0. The number of thiophene rings is 4. The lowest BCUT2D eigenvalue weighted by Crippen LogP contribution is -1.86. The molecular formula is C46H58S4. The van der Waals surface area contributed by atoms with Gasteiger partial charge in [-0.1, -0.05) is 154 Å². The molecule has 4 aromatic heterocycles. The summed E-state index contributed by atoms with van der Waals surface area (Å²) in [4.78, 5) is 0. The molecule has 7 rings (SSSR count). The van der Waals surface area contributed by atoms with E-state index in [0.717, 1.165) is 0 Å². The summed E-state index contributed by atoms with van der Waals surface area (Å²) < 4.78 is 11.8. The molecule has 0 atom stereocenters. The van der Waals surface area contributed by atoms with Gasteiger partial charge in [0, 0.05) is 40.3 Å². The van der Waals surface area contributed by atoms with Gasteiger partial charge in [-0.3, -0.25) is 0 Å². The largest absolute Gasteiger partial charge is 0.134 e. The average Bonchev–Trinajstić information content (AvgIpc) is 3.86. The van der Waals surface area contributed by atoms with Crippen LogP contribution in [-0.2, 0) is 12.8 Å². The predicted octanol–water partition coefficient (Wildman–Crippen LogP) is 17.8. The zero-order valence-electron chi connectivity index (χ0n) is 30.8. The molecule has 0 bridgehead atoms. The van der Waals surface area contributed by atoms with E-state index in [-0.39, 0.29) is 0 Å². The minimum Gasteiger partial charge on any atom is -0.134 e. The van der Waals surface area contributed by atoms with Gasteiger partial charge in [0.15, 0.2) is 0 Å². The number of hydrogen-bond acceptors (Lipinski definition) is 4. The summed E-state index contributed by atoms with van der Waals surface area (Å²) in [5.41, 5.74) is 3.05. The molecule has 0 fully saturated rings. The molecule has 0 saturated heterocycles. The molecule has 7 aromatic rings. The van der Waals surface area contributed by atoms with Crippen molar-refractivity contribution in [3.63, 3.8) is 0 Å². The molecule has 0 aliphatic heterocycles. The molecule has 4 heteroatoms. The Bertz CT molecular complexity index is 1960. The van der Waals surface area contributed by atoms with Crippen LogP contribution in [0.2, 0.25) is 0 Å². The molecule has 0 aliphatic rings. The van der Waals surface area contributed by atoms with E-state index in [1.165, 1.54) is 212 Å². The average molecular weight is 739 g/mol. The minimum atomic E-state index is 1.22. The van der Waals surface area contributed by atoms with Gasteiger partial charge < -0.3 is 0 Å². The highest BCUT2D eigenvalue weighted by Crippen LogP contribution is 2.50. The standard InChI is InChI=1S/C46H58S4/c1-3-5-7-9-11-13-15-17-19-21-23-33-25-27-35-39(29-33)47-45-37-31-42-38(32-41(37)49-43(35)45)46-44(50-42)36-28-26-34(30-40(36)48-46)24-22-20-18-16-14-12-10-8-6-4-2/h25-32H,3-24H2,1-2H3. The first-order valence-corrected chi connectivity index (χ1v) is 23.7. The molecule has 50 heavy (non-hydrogen) atoms. The molecule has 0 radical (unpaired) electrons. The third-order valence-corrected chi connectivity index (χ3v) is 16.1. The Balaban J connectivity index is 0.971. The number of unbranched alkanes of at least 4 members (excludes halogenated alkanes) is 18. The number of fused-ring (bicyclic) bond motifs is 10. The summed E-state index contributed by atoms with van der Waals surface area (Å²) in [5, 5.41) is 5.85. The highest BCUT2D eigenvalue weighted by atomic mass is 32.1. The quantitative estimate of drug-likeness (QED) is 0.0608. The Kier molecular flexibility index (Phi) is 13.2. The fourth-order valence-electron chi connectivity index (χ4n) is 8.04. The molecule has 0 saturated carbocycles. The van der Waals surface area contributed by atoms with Crippen LogP contribution in [0.5, 0.6) is 0 Å². The van der Waals surface area contributed by atoms with Crippen LogP contribution in [0.1, 0.15) is 153 Å². The van der Waals surface area contributed by atoms with Gasteiger partial charge in [-0.25, -0.2) is 0 Å². The third-order valence-electron chi connectivity index (χ3n) is 11.1. The highest BCUT2D eigenvalue weighted by molar-refractivity contribution is 7.38. The van der Waals surface area contributed by atoms with Crippen molar-refractivity contribution in [1.29, 1.82) is 0 Å². The topological polar surface area (TPSA) is 0 Å². The number of hydrogen-bond donors (Lipinski definition) is 0. The molecule has 0 N–H and O–H groups in total. The van der Waals surface area contributed by atoms with Crippen LogP contribution in [0, 0.1) is 0 Å².